The van der Waals surface area contributed by atoms with E-state index in [2.05, 4.69) is 31.3 Å². The molecule has 94 valence electrons. The summed E-state index contributed by atoms with van der Waals surface area (Å²) in [7, 11) is 0. The third-order valence-corrected chi connectivity index (χ3v) is 3.01. The lowest BCUT2D eigenvalue weighted by molar-refractivity contribution is 0.0760. The summed E-state index contributed by atoms with van der Waals surface area (Å²) in [6.45, 7) is 7.42. The summed E-state index contributed by atoms with van der Waals surface area (Å²) in [5, 5.41) is 3.55. The van der Waals surface area contributed by atoms with E-state index < -0.39 is 0 Å². The van der Waals surface area contributed by atoms with Gasteiger partial charge in [0.05, 0.1) is 6.10 Å². The number of rotatable bonds is 8. The first-order valence-electron chi connectivity index (χ1n) is 6.76. The molecule has 0 aliphatic heterocycles. The smallest absolute Gasteiger partial charge is 0.0518 e. The maximum atomic E-state index is 5.50. The van der Waals surface area contributed by atoms with Crippen molar-refractivity contribution in [1.29, 1.82) is 0 Å². The predicted octanol–water partition coefficient (Wildman–Crippen LogP) is 3.14. The van der Waals surface area contributed by atoms with Crippen LogP contribution in [0.1, 0.15) is 46.0 Å². The molecule has 1 aliphatic carbocycles. The second kappa shape index (κ2) is 8.77. The van der Waals surface area contributed by atoms with Crippen LogP contribution in [0.25, 0.3) is 0 Å². The molecule has 0 radical (unpaired) electrons. The van der Waals surface area contributed by atoms with Crippen molar-refractivity contribution in [2.45, 2.75) is 52.1 Å². The molecule has 0 aromatic heterocycles. The molecule has 0 fully saturated rings. The maximum Gasteiger partial charge on any atom is 0.0518 e. The van der Waals surface area contributed by atoms with Gasteiger partial charge < -0.3 is 10.1 Å². The number of hydrogen-bond acceptors (Lipinski definition) is 2. The molecule has 0 saturated carbocycles. The Morgan fingerprint density at radius 2 is 2.19 bits per heavy atom. The van der Waals surface area contributed by atoms with Gasteiger partial charge in [0.25, 0.3) is 0 Å². The van der Waals surface area contributed by atoms with Gasteiger partial charge in [-0.2, -0.15) is 0 Å². The number of unbranched alkanes of at least 4 members (excludes halogenated alkanes) is 1. The van der Waals surface area contributed by atoms with E-state index in [1.165, 1.54) is 38.6 Å². The van der Waals surface area contributed by atoms with E-state index in [9.17, 15) is 0 Å². The lowest BCUT2D eigenvalue weighted by atomic mass is 9.94. The highest BCUT2D eigenvalue weighted by Gasteiger charge is 2.08. The van der Waals surface area contributed by atoms with E-state index in [-0.39, 0.29) is 0 Å². The molecule has 0 saturated heterocycles. The van der Waals surface area contributed by atoms with Crippen molar-refractivity contribution in [2.24, 2.45) is 5.92 Å². The molecule has 1 aliphatic rings. The van der Waals surface area contributed by atoms with E-state index in [1.54, 1.807) is 0 Å². The SMILES string of the molecule is CC(C)OCCCCNCC1CC=CCC1. The number of nitrogens with one attached hydrogen (secondary N) is 1. The average Bonchev–Trinajstić information content (AvgIpc) is 2.29. The van der Waals surface area contributed by atoms with Gasteiger partial charge in [0.1, 0.15) is 0 Å². The third kappa shape index (κ3) is 7.02. The quantitative estimate of drug-likeness (QED) is 0.506. The second-order valence-electron chi connectivity index (χ2n) is 4.98. The minimum atomic E-state index is 0.377. The second-order valence-corrected chi connectivity index (χ2v) is 4.98. The van der Waals surface area contributed by atoms with Crippen molar-refractivity contribution in [3.63, 3.8) is 0 Å². The highest BCUT2D eigenvalue weighted by molar-refractivity contribution is 4.90. The standard InChI is InChI=1S/C14H27NO/c1-13(2)16-11-7-6-10-15-12-14-8-4-3-5-9-14/h3-4,13-15H,5-12H2,1-2H3. The van der Waals surface area contributed by atoms with Crippen molar-refractivity contribution in [2.75, 3.05) is 19.7 Å². The Labute approximate surface area is 100 Å². The molecule has 0 amide bonds. The van der Waals surface area contributed by atoms with Crippen LogP contribution in [-0.2, 0) is 4.74 Å². The van der Waals surface area contributed by atoms with E-state index >= 15 is 0 Å². The fraction of sp³-hybridized carbons (Fsp3) is 0.857. The van der Waals surface area contributed by atoms with Gasteiger partial charge in [0, 0.05) is 6.61 Å². The Kier molecular flexibility index (Phi) is 7.52. The molecule has 1 N–H and O–H groups in total. The van der Waals surface area contributed by atoms with Crippen LogP contribution < -0.4 is 5.32 Å². The summed E-state index contributed by atoms with van der Waals surface area (Å²) in [6.07, 6.45) is 11.3. The van der Waals surface area contributed by atoms with Crippen molar-refractivity contribution in [1.82, 2.24) is 5.32 Å². The molecule has 0 heterocycles. The summed E-state index contributed by atoms with van der Waals surface area (Å²) >= 11 is 0. The summed E-state index contributed by atoms with van der Waals surface area (Å²) < 4.78 is 5.50. The Balaban J connectivity index is 1.82. The van der Waals surface area contributed by atoms with Crippen molar-refractivity contribution >= 4 is 0 Å². The lowest BCUT2D eigenvalue weighted by Gasteiger charge is -2.18. The van der Waals surface area contributed by atoms with E-state index in [4.69, 9.17) is 4.74 Å². The molecule has 1 atom stereocenters. The molecule has 0 bridgehead atoms. The molecular weight excluding hydrogens is 198 g/mol. The summed E-state index contributed by atoms with van der Waals surface area (Å²) in [5.41, 5.74) is 0. The van der Waals surface area contributed by atoms with Gasteiger partial charge in [0.2, 0.25) is 0 Å². The highest BCUT2D eigenvalue weighted by atomic mass is 16.5. The summed E-state index contributed by atoms with van der Waals surface area (Å²) in [4.78, 5) is 0. The minimum absolute atomic E-state index is 0.377. The monoisotopic (exact) mass is 225 g/mol. The normalized spacial score (nSPS) is 20.6. The van der Waals surface area contributed by atoms with Gasteiger partial charge in [0.15, 0.2) is 0 Å². The first kappa shape index (κ1) is 13.7. The zero-order valence-electron chi connectivity index (χ0n) is 10.9. The Morgan fingerprint density at radius 3 is 2.88 bits per heavy atom. The minimum Gasteiger partial charge on any atom is -0.379 e. The number of allylic oxidation sites excluding steroid dienone is 2. The maximum absolute atomic E-state index is 5.50. The van der Waals surface area contributed by atoms with Crippen LogP contribution in [-0.4, -0.2) is 25.8 Å². The highest BCUT2D eigenvalue weighted by Crippen LogP contribution is 2.16. The Hall–Kier alpha value is -0.340. The molecule has 2 heteroatoms. The number of hydrogen-bond donors (Lipinski definition) is 1. The van der Waals surface area contributed by atoms with Crippen LogP contribution in [0.5, 0.6) is 0 Å². The third-order valence-electron chi connectivity index (χ3n) is 3.01. The fourth-order valence-electron chi connectivity index (χ4n) is 2.02. The zero-order chi connectivity index (χ0) is 11.6. The van der Waals surface area contributed by atoms with Gasteiger partial charge in [-0.1, -0.05) is 12.2 Å². The fourth-order valence-corrected chi connectivity index (χ4v) is 2.02. The molecular formula is C14H27NO. The molecule has 0 aromatic carbocycles. The molecule has 2 nitrogen and oxygen atoms in total. The van der Waals surface area contributed by atoms with Crippen LogP contribution >= 0.6 is 0 Å². The van der Waals surface area contributed by atoms with Crippen molar-refractivity contribution < 1.29 is 4.74 Å². The summed E-state index contributed by atoms with van der Waals surface area (Å²) in [6, 6.07) is 0. The van der Waals surface area contributed by atoms with Crippen LogP contribution in [0, 0.1) is 5.92 Å². The van der Waals surface area contributed by atoms with Crippen LogP contribution in [0.2, 0.25) is 0 Å². The molecule has 0 aromatic rings. The first-order chi connectivity index (χ1) is 7.79. The van der Waals surface area contributed by atoms with Crippen molar-refractivity contribution in [3.8, 4) is 0 Å². The van der Waals surface area contributed by atoms with Gasteiger partial charge in [-0.15, -0.1) is 0 Å². The Bertz CT molecular complexity index is 189. The van der Waals surface area contributed by atoms with Crippen molar-refractivity contribution in [3.05, 3.63) is 12.2 Å². The average molecular weight is 225 g/mol. The largest absolute Gasteiger partial charge is 0.379 e. The topological polar surface area (TPSA) is 21.3 Å². The van der Waals surface area contributed by atoms with E-state index in [0.717, 1.165) is 19.1 Å². The first-order valence-corrected chi connectivity index (χ1v) is 6.76. The van der Waals surface area contributed by atoms with Crippen LogP contribution in [0.4, 0.5) is 0 Å². The van der Waals surface area contributed by atoms with Gasteiger partial charge in [-0.05, 0) is 65.0 Å². The molecule has 0 spiro atoms. The van der Waals surface area contributed by atoms with Gasteiger partial charge >= 0.3 is 0 Å². The van der Waals surface area contributed by atoms with Crippen LogP contribution in [0.3, 0.4) is 0 Å². The van der Waals surface area contributed by atoms with E-state index in [1.807, 2.05) is 0 Å². The van der Waals surface area contributed by atoms with Gasteiger partial charge in [-0.25, -0.2) is 0 Å². The molecule has 16 heavy (non-hydrogen) atoms. The van der Waals surface area contributed by atoms with Gasteiger partial charge in [-0.3, -0.25) is 0 Å². The molecule has 1 unspecified atom stereocenters. The molecule has 1 rings (SSSR count). The lowest BCUT2D eigenvalue weighted by Crippen LogP contribution is -2.24. The Morgan fingerprint density at radius 1 is 1.31 bits per heavy atom. The predicted molar refractivity (Wildman–Crippen MR) is 69.7 cm³/mol. The summed E-state index contributed by atoms with van der Waals surface area (Å²) in [5.74, 6) is 0.872. The van der Waals surface area contributed by atoms with E-state index in [0.29, 0.717) is 6.10 Å². The zero-order valence-corrected chi connectivity index (χ0v) is 10.9. The van der Waals surface area contributed by atoms with Crippen LogP contribution in [0.15, 0.2) is 12.2 Å². The number of ether oxygens (including phenoxy) is 1.